The van der Waals surface area contributed by atoms with E-state index in [1.54, 1.807) is 36.4 Å². The number of hydrogen-bond acceptors (Lipinski definition) is 6. The van der Waals surface area contributed by atoms with Crippen LogP contribution in [-0.4, -0.2) is 46.3 Å². The highest BCUT2D eigenvalue weighted by atomic mass is 32.2. The fraction of sp³-hybridized carbons (Fsp3) is 0.190. The summed E-state index contributed by atoms with van der Waals surface area (Å²) in [6.07, 6.45) is 1.28. The van der Waals surface area contributed by atoms with Gasteiger partial charge in [0.05, 0.1) is 6.21 Å². The van der Waals surface area contributed by atoms with Crippen molar-refractivity contribution in [2.75, 3.05) is 12.4 Å². The molecule has 1 aliphatic rings. The minimum Gasteiger partial charge on any atom is -0.326 e. The second-order valence-corrected chi connectivity index (χ2v) is 7.62. The van der Waals surface area contributed by atoms with Crippen molar-refractivity contribution in [3.8, 4) is 0 Å². The molecule has 0 unspecified atom stereocenters. The third kappa shape index (κ3) is 5.18. The highest BCUT2D eigenvalue weighted by Crippen LogP contribution is 2.30. The van der Waals surface area contributed by atoms with E-state index in [1.807, 2.05) is 0 Å². The van der Waals surface area contributed by atoms with Gasteiger partial charge in [-0.05, 0) is 36.8 Å². The lowest BCUT2D eigenvalue weighted by molar-refractivity contribution is -0.128. The number of benzene rings is 2. The molecule has 0 bridgehead atoms. The molecule has 7 nitrogen and oxygen atoms in total. The molecular formula is C21H19FN4O3S. The van der Waals surface area contributed by atoms with Gasteiger partial charge in [-0.3, -0.25) is 19.4 Å². The molecule has 1 atom stereocenters. The number of aliphatic imine (C=N–C) groups is 1. The molecule has 9 heteroatoms. The number of ketones is 1. The van der Waals surface area contributed by atoms with Crippen molar-refractivity contribution in [3.05, 3.63) is 65.5 Å². The SMILES string of the molecule is CN=C1S[C@@H](CC(=O)Nc2cccc(C(C)=O)c2)C(=O)N1/N=C\c1cccc(F)c1. The summed E-state index contributed by atoms with van der Waals surface area (Å²) in [4.78, 5) is 40.6. The Balaban J connectivity index is 1.67. The van der Waals surface area contributed by atoms with Crippen LogP contribution in [0.1, 0.15) is 29.3 Å². The molecule has 3 rings (SSSR count). The van der Waals surface area contributed by atoms with Crippen LogP contribution in [0.5, 0.6) is 0 Å². The molecular weight excluding hydrogens is 407 g/mol. The van der Waals surface area contributed by atoms with Crippen molar-refractivity contribution in [2.45, 2.75) is 18.6 Å². The van der Waals surface area contributed by atoms with Gasteiger partial charge in [0.2, 0.25) is 5.91 Å². The van der Waals surface area contributed by atoms with Crippen molar-refractivity contribution < 1.29 is 18.8 Å². The Bertz CT molecular complexity index is 1050. The number of halogens is 1. The molecule has 30 heavy (non-hydrogen) atoms. The minimum atomic E-state index is -0.690. The van der Waals surface area contributed by atoms with E-state index in [-0.39, 0.29) is 24.0 Å². The van der Waals surface area contributed by atoms with Crippen LogP contribution in [0, 0.1) is 5.82 Å². The fourth-order valence-electron chi connectivity index (χ4n) is 2.75. The van der Waals surface area contributed by atoms with Crippen LogP contribution in [0.2, 0.25) is 0 Å². The zero-order chi connectivity index (χ0) is 21.7. The van der Waals surface area contributed by atoms with E-state index < -0.39 is 11.1 Å². The number of nitrogens with one attached hydrogen (secondary N) is 1. The average Bonchev–Trinajstić information content (AvgIpc) is 3.01. The third-order valence-electron chi connectivity index (χ3n) is 4.20. The topological polar surface area (TPSA) is 91.2 Å². The van der Waals surface area contributed by atoms with Crippen LogP contribution < -0.4 is 5.32 Å². The van der Waals surface area contributed by atoms with Gasteiger partial charge in [0.1, 0.15) is 11.1 Å². The predicted molar refractivity (Wildman–Crippen MR) is 115 cm³/mol. The number of Topliss-reactive ketones (excluding diaryl/α,β-unsaturated/α-hetero) is 1. The lowest BCUT2D eigenvalue weighted by Gasteiger charge is -2.10. The predicted octanol–water partition coefficient (Wildman–Crippen LogP) is 3.32. The van der Waals surface area contributed by atoms with Crippen molar-refractivity contribution in [1.82, 2.24) is 5.01 Å². The van der Waals surface area contributed by atoms with E-state index in [2.05, 4.69) is 15.4 Å². The van der Waals surface area contributed by atoms with Crippen LogP contribution >= 0.6 is 11.8 Å². The lowest BCUT2D eigenvalue weighted by atomic mass is 10.1. The quantitative estimate of drug-likeness (QED) is 0.567. The Morgan fingerprint density at radius 2 is 2.00 bits per heavy atom. The van der Waals surface area contributed by atoms with E-state index in [4.69, 9.17) is 0 Å². The number of thioether (sulfide) groups is 1. The summed E-state index contributed by atoms with van der Waals surface area (Å²) in [6, 6.07) is 12.4. The number of anilines is 1. The fourth-order valence-corrected chi connectivity index (χ4v) is 3.78. The van der Waals surface area contributed by atoms with Gasteiger partial charge in [-0.15, -0.1) is 0 Å². The maximum atomic E-state index is 13.3. The van der Waals surface area contributed by atoms with Gasteiger partial charge < -0.3 is 5.32 Å². The molecule has 0 saturated carbocycles. The van der Waals surface area contributed by atoms with Crippen molar-refractivity contribution >= 4 is 46.4 Å². The number of carbonyl (C=O) groups excluding carboxylic acids is 3. The van der Waals surface area contributed by atoms with E-state index in [9.17, 15) is 18.8 Å². The molecule has 0 radical (unpaired) electrons. The normalized spacial score (nSPS) is 17.7. The van der Waals surface area contributed by atoms with Crippen LogP contribution in [0.3, 0.4) is 0 Å². The second kappa shape index (κ2) is 9.45. The molecule has 0 spiro atoms. The minimum absolute atomic E-state index is 0.0845. The number of hydrogen-bond donors (Lipinski definition) is 1. The lowest BCUT2D eigenvalue weighted by Crippen LogP contribution is -2.29. The maximum absolute atomic E-state index is 13.3. The summed E-state index contributed by atoms with van der Waals surface area (Å²) in [5, 5.41) is 7.59. The first-order valence-electron chi connectivity index (χ1n) is 9.05. The first kappa shape index (κ1) is 21.4. The van der Waals surface area contributed by atoms with Gasteiger partial charge in [-0.1, -0.05) is 36.0 Å². The highest BCUT2D eigenvalue weighted by Gasteiger charge is 2.39. The molecule has 1 saturated heterocycles. The first-order valence-corrected chi connectivity index (χ1v) is 9.93. The van der Waals surface area contributed by atoms with Gasteiger partial charge in [0, 0.05) is 24.7 Å². The van der Waals surface area contributed by atoms with Crippen LogP contribution in [0.4, 0.5) is 10.1 Å². The monoisotopic (exact) mass is 426 g/mol. The number of rotatable bonds is 6. The van der Waals surface area contributed by atoms with Crippen molar-refractivity contribution in [3.63, 3.8) is 0 Å². The van der Waals surface area contributed by atoms with Crippen molar-refractivity contribution in [2.24, 2.45) is 10.1 Å². The molecule has 1 aliphatic heterocycles. The zero-order valence-corrected chi connectivity index (χ0v) is 17.1. The largest absolute Gasteiger partial charge is 0.326 e. The van der Waals surface area contributed by atoms with Gasteiger partial charge in [0.25, 0.3) is 5.91 Å². The molecule has 2 aromatic carbocycles. The Hall–Kier alpha value is -3.33. The van der Waals surface area contributed by atoms with E-state index >= 15 is 0 Å². The van der Waals surface area contributed by atoms with E-state index in [0.29, 0.717) is 22.0 Å². The van der Waals surface area contributed by atoms with E-state index in [0.717, 1.165) is 16.8 Å². The maximum Gasteiger partial charge on any atom is 0.263 e. The summed E-state index contributed by atoms with van der Waals surface area (Å²) in [6.45, 7) is 1.44. The average molecular weight is 426 g/mol. The van der Waals surface area contributed by atoms with Crippen LogP contribution in [-0.2, 0) is 9.59 Å². The number of nitrogens with zero attached hydrogens (tertiary/aromatic N) is 3. The van der Waals surface area contributed by atoms with E-state index in [1.165, 1.54) is 32.3 Å². The number of amidine groups is 1. The molecule has 1 fully saturated rings. The molecule has 0 aliphatic carbocycles. The summed E-state index contributed by atoms with van der Waals surface area (Å²) >= 11 is 1.14. The number of carbonyl (C=O) groups is 3. The zero-order valence-electron chi connectivity index (χ0n) is 16.3. The third-order valence-corrected chi connectivity index (χ3v) is 5.42. The Kier molecular flexibility index (Phi) is 6.73. The highest BCUT2D eigenvalue weighted by molar-refractivity contribution is 8.15. The van der Waals surface area contributed by atoms with Gasteiger partial charge in [-0.25, -0.2) is 4.39 Å². The molecule has 1 N–H and O–H groups in total. The molecule has 154 valence electrons. The summed E-state index contributed by atoms with van der Waals surface area (Å²) < 4.78 is 13.3. The van der Waals surface area contributed by atoms with Crippen LogP contribution in [0.15, 0.2) is 58.6 Å². The first-order chi connectivity index (χ1) is 14.4. The standard InChI is InChI=1S/C21H19FN4O3S/c1-13(27)15-6-4-8-17(10-15)25-19(28)11-18-20(29)26(21(23-2)30-18)24-12-14-5-3-7-16(22)9-14/h3-10,12,18H,11H2,1-2H3,(H,25,28)/b23-21?,24-12-/t18-/m0/s1. The number of hydrazone groups is 1. The smallest absolute Gasteiger partial charge is 0.263 e. The summed E-state index contributed by atoms with van der Waals surface area (Å²) in [7, 11) is 1.52. The summed E-state index contributed by atoms with van der Waals surface area (Å²) in [5.74, 6) is -1.27. The van der Waals surface area contributed by atoms with Crippen molar-refractivity contribution in [1.29, 1.82) is 0 Å². The van der Waals surface area contributed by atoms with Gasteiger partial charge in [0.15, 0.2) is 11.0 Å². The summed E-state index contributed by atoms with van der Waals surface area (Å²) in [5.41, 5.74) is 1.46. The Labute approximate surface area is 177 Å². The van der Waals surface area contributed by atoms with Gasteiger partial charge in [-0.2, -0.15) is 10.1 Å². The molecule has 2 aromatic rings. The number of amides is 2. The molecule has 2 amide bonds. The van der Waals surface area contributed by atoms with Gasteiger partial charge >= 0.3 is 0 Å². The second-order valence-electron chi connectivity index (χ2n) is 6.45. The Morgan fingerprint density at radius 3 is 2.70 bits per heavy atom. The Morgan fingerprint density at radius 1 is 1.23 bits per heavy atom. The molecule has 1 heterocycles. The van der Waals surface area contributed by atoms with Crippen LogP contribution in [0.25, 0.3) is 0 Å². The molecule has 0 aromatic heterocycles.